The van der Waals surface area contributed by atoms with E-state index in [4.69, 9.17) is 4.42 Å². The van der Waals surface area contributed by atoms with Crippen LogP contribution in [0, 0.1) is 0 Å². The second-order valence-corrected chi connectivity index (χ2v) is 5.00. The Morgan fingerprint density at radius 3 is 2.90 bits per heavy atom. The lowest BCUT2D eigenvalue weighted by Gasteiger charge is -2.03. The van der Waals surface area contributed by atoms with Gasteiger partial charge in [0.1, 0.15) is 0 Å². The molecule has 0 amide bonds. The number of aromatic nitrogens is 3. The van der Waals surface area contributed by atoms with E-state index in [0.717, 1.165) is 23.3 Å². The smallest absolute Gasteiger partial charge is 0.408 e. The second-order valence-electron chi connectivity index (χ2n) is 5.00. The number of hydrogen-bond donors (Lipinski definition) is 1. The summed E-state index contributed by atoms with van der Waals surface area (Å²) in [4.78, 5) is 11.4. The molecule has 6 heteroatoms. The van der Waals surface area contributed by atoms with Crippen molar-refractivity contribution in [3.63, 3.8) is 0 Å². The molecular weight excluding hydrogens is 268 g/mol. The monoisotopic (exact) mass is 286 g/mol. The Morgan fingerprint density at radius 2 is 2.14 bits per heavy atom. The Balaban J connectivity index is 1.66. The first kappa shape index (κ1) is 13.6. The standard InChI is InChI=1S/C15H18N4O2/c1-3-19-7-6-12(17-19)10-16-9-11-4-5-13-14(8-11)21-15(20)18(13)2/h4-8,16H,3,9-10H2,1-2H3. The minimum atomic E-state index is -0.333. The van der Waals surface area contributed by atoms with Gasteiger partial charge in [-0.05, 0) is 30.7 Å². The zero-order valence-electron chi connectivity index (χ0n) is 12.2. The van der Waals surface area contributed by atoms with Crippen molar-refractivity contribution in [3.8, 4) is 0 Å². The zero-order chi connectivity index (χ0) is 14.8. The van der Waals surface area contributed by atoms with E-state index in [1.165, 1.54) is 4.57 Å². The van der Waals surface area contributed by atoms with Crippen molar-refractivity contribution in [3.05, 3.63) is 52.3 Å². The lowest BCUT2D eigenvalue weighted by atomic mass is 10.2. The van der Waals surface area contributed by atoms with Gasteiger partial charge < -0.3 is 9.73 Å². The van der Waals surface area contributed by atoms with Crippen LogP contribution in [0.15, 0.2) is 39.7 Å². The van der Waals surface area contributed by atoms with Crippen molar-refractivity contribution < 1.29 is 4.42 Å². The van der Waals surface area contributed by atoms with Gasteiger partial charge in [0.15, 0.2) is 5.58 Å². The lowest BCUT2D eigenvalue weighted by Crippen LogP contribution is -2.13. The summed E-state index contributed by atoms with van der Waals surface area (Å²) in [6, 6.07) is 7.81. The average molecular weight is 286 g/mol. The number of fused-ring (bicyclic) bond motifs is 1. The molecule has 0 spiro atoms. The molecule has 3 aromatic rings. The van der Waals surface area contributed by atoms with E-state index in [0.29, 0.717) is 18.7 Å². The van der Waals surface area contributed by atoms with Gasteiger partial charge in [-0.25, -0.2) is 4.79 Å². The van der Waals surface area contributed by atoms with Gasteiger partial charge in [-0.3, -0.25) is 9.25 Å². The van der Waals surface area contributed by atoms with Gasteiger partial charge in [0, 0.05) is 32.9 Å². The molecule has 0 unspecified atom stereocenters. The highest BCUT2D eigenvalue weighted by atomic mass is 16.4. The molecule has 0 atom stereocenters. The lowest BCUT2D eigenvalue weighted by molar-refractivity contribution is 0.527. The van der Waals surface area contributed by atoms with E-state index in [1.54, 1.807) is 7.05 Å². The maximum absolute atomic E-state index is 11.4. The van der Waals surface area contributed by atoms with Crippen LogP contribution in [0.2, 0.25) is 0 Å². The highest BCUT2D eigenvalue weighted by Gasteiger charge is 2.06. The number of benzene rings is 1. The van der Waals surface area contributed by atoms with Gasteiger partial charge in [0.25, 0.3) is 0 Å². The van der Waals surface area contributed by atoms with Crippen LogP contribution in [-0.2, 0) is 26.7 Å². The number of nitrogens with one attached hydrogen (secondary N) is 1. The van der Waals surface area contributed by atoms with Crippen LogP contribution in [0.3, 0.4) is 0 Å². The normalized spacial score (nSPS) is 11.3. The van der Waals surface area contributed by atoms with Gasteiger partial charge in [-0.15, -0.1) is 0 Å². The molecule has 3 rings (SSSR count). The summed E-state index contributed by atoms with van der Waals surface area (Å²) in [5.74, 6) is -0.333. The van der Waals surface area contributed by atoms with Crippen LogP contribution >= 0.6 is 0 Å². The van der Waals surface area contributed by atoms with Crippen molar-refractivity contribution in [2.24, 2.45) is 7.05 Å². The van der Waals surface area contributed by atoms with Gasteiger partial charge in [-0.2, -0.15) is 5.10 Å². The second kappa shape index (κ2) is 5.57. The van der Waals surface area contributed by atoms with Crippen LogP contribution in [0.4, 0.5) is 0 Å². The molecule has 1 N–H and O–H groups in total. The van der Waals surface area contributed by atoms with Crippen LogP contribution < -0.4 is 11.1 Å². The molecule has 0 saturated carbocycles. The first-order valence-corrected chi connectivity index (χ1v) is 6.99. The molecule has 0 aliphatic rings. The molecule has 21 heavy (non-hydrogen) atoms. The van der Waals surface area contributed by atoms with E-state index in [1.807, 2.05) is 35.1 Å². The third-order valence-corrected chi connectivity index (χ3v) is 3.51. The zero-order valence-corrected chi connectivity index (χ0v) is 12.2. The Bertz CT molecular complexity index is 813. The number of rotatable bonds is 5. The van der Waals surface area contributed by atoms with Crippen molar-refractivity contribution >= 4 is 11.1 Å². The molecular formula is C15H18N4O2. The third-order valence-electron chi connectivity index (χ3n) is 3.51. The average Bonchev–Trinajstić information content (AvgIpc) is 3.05. The van der Waals surface area contributed by atoms with Gasteiger partial charge in [0.2, 0.25) is 0 Å². The summed E-state index contributed by atoms with van der Waals surface area (Å²) in [5, 5.41) is 7.75. The first-order valence-electron chi connectivity index (χ1n) is 6.99. The summed E-state index contributed by atoms with van der Waals surface area (Å²) in [6.45, 7) is 4.36. The first-order chi connectivity index (χ1) is 10.2. The Kier molecular flexibility index (Phi) is 3.62. The summed E-state index contributed by atoms with van der Waals surface area (Å²) in [6.07, 6.45) is 1.97. The summed E-state index contributed by atoms with van der Waals surface area (Å²) < 4.78 is 8.59. The van der Waals surface area contributed by atoms with Crippen molar-refractivity contribution in [2.75, 3.05) is 0 Å². The Morgan fingerprint density at radius 1 is 1.29 bits per heavy atom. The maximum atomic E-state index is 11.4. The highest BCUT2D eigenvalue weighted by Crippen LogP contribution is 2.14. The Labute approximate surface area is 122 Å². The summed E-state index contributed by atoms with van der Waals surface area (Å²) in [7, 11) is 1.70. The molecule has 2 aromatic heterocycles. The molecule has 0 bridgehead atoms. The number of oxazole rings is 1. The number of hydrogen-bond acceptors (Lipinski definition) is 4. The van der Waals surface area contributed by atoms with E-state index >= 15 is 0 Å². The quantitative estimate of drug-likeness (QED) is 0.774. The van der Waals surface area contributed by atoms with Crippen LogP contribution in [0.1, 0.15) is 18.2 Å². The highest BCUT2D eigenvalue weighted by molar-refractivity contribution is 5.73. The number of aryl methyl sites for hydroxylation is 2. The van der Waals surface area contributed by atoms with Crippen LogP contribution in [0.5, 0.6) is 0 Å². The van der Waals surface area contributed by atoms with E-state index in [-0.39, 0.29) is 5.76 Å². The van der Waals surface area contributed by atoms with Crippen LogP contribution in [0.25, 0.3) is 11.1 Å². The SMILES string of the molecule is CCn1ccc(CNCc2ccc3c(c2)oc(=O)n3C)n1. The van der Waals surface area contributed by atoms with Gasteiger partial charge >= 0.3 is 5.76 Å². The molecule has 0 aliphatic carbocycles. The predicted octanol–water partition coefficient (Wildman–Crippen LogP) is 1.64. The molecule has 6 nitrogen and oxygen atoms in total. The fourth-order valence-corrected chi connectivity index (χ4v) is 2.30. The van der Waals surface area contributed by atoms with Gasteiger partial charge in [0.05, 0.1) is 11.2 Å². The van der Waals surface area contributed by atoms with E-state index in [9.17, 15) is 4.79 Å². The predicted molar refractivity (Wildman–Crippen MR) is 79.9 cm³/mol. The number of nitrogens with zero attached hydrogens (tertiary/aromatic N) is 3. The Hall–Kier alpha value is -2.34. The molecule has 2 heterocycles. The third kappa shape index (κ3) is 2.75. The fourth-order valence-electron chi connectivity index (χ4n) is 2.30. The minimum Gasteiger partial charge on any atom is -0.408 e. The van der Waals surface area contributed by atoms with Crippen molar-refractivity contribution in [1.29, 1.82) is 0 Å². The minimum absolute atomic E-state index is 0.333. The largest absolute Gasteiger partial charge is 0.419 e. The molecule has 0 radical (unpaired) electrons. The van der Waals surface area contributed by atoms with Crippen molar-refractivity contribution in [1.82, 2.24) is 19.7 Å². The van der Waals surface area contributed by atoms with Crippen LogP contribution in [-0.4, -0.2) is 14.3 Å². The molecule has 0 aliphatic heterocycles. The van der Waals surface area contributed by atoms with E-state index in [2.05, 4.69) is 17.3 Å². The molecule has 110 valence electrons. The summed E-state index contributed by atoms with van der Waals surface area (Å²) in [5.41, 5.74) is 3.53. The van der Waals surface area contributed by atoms with Crippen molar-refractivity contribution in [2.45, 2.75) is 26.6 Å². The summed E-state index contributed by atoms with van der Waals surface area (Å²) >= 11 is 0. The molecule has 0 saturated heterocycles. The maximum Gasteiger partial charge on any atom is 0.419 e. The van der Waals surface area contributed by atoms with E-state index < -0.39 is 0 Å². The molecule has 0 fully saturated rings. The fraction of sp³-hybridized carbons (Fsp3) is 0.333. The molecule has 1 aromatic carbocycles. The van der Waals surface area contributed by atoms with Gasteiger partial charge in [-0.1, -0.05) is 6.07 Å². The topological polar surface area (TPSA) is 65.0 Å².